The quantitative estimate of drug-likeness (QED) is 0.412. The number of nitrogens with zero attached hydrogens (tertiary/aromatic N) is 1. The van der Waals surface area contributed by atoms with Gasteiger partial charge in [-0.25, -0.2) is 0 Å². The standard InChI is InChI=1S/C24H37NO3/c1-6-7-8-9-12-23(2,3)16-13-20(26)22-18-15-17(25-27)10-11-19(18)24(4,5)28-21(22)14-16/h13-14,17-19,26H,6-12,15H2,1-5H3/t17?,18-,19+/m1/s1. The first-order valence-corrected chi connectivity index (χ1v) is 11.1. The van der Waals surface area contributed by atoms with Crippen LogP contribution in [0.5, 0.6) is 11.5 Å². The minimum atomic E-state index is -0.304. The molecule has 1 N–H and O–H groups in total. The zero-order valence-corrected chi connectivity index (χ0v) is 18.3. The highest BCUT2D eigenvalue weighted by atomic mass is 16.5. The monoisotopic (exact) mass is 387 g/mol. The molecule has 1 aromatic carbocycles. The van der Waals surface area contributed by atoms with E-state index >= 15 is 0 Å². The number of aromatic hydroxyl groups is 1. The predicted octanol–water partition coefficient (Wildman–Crippen LogP) is 6.83. The summed E-state index contributed by atoms with van der Waals surface area (Å²) in [5, 5.41) is 14.3. The highest BCUT2D eigenvalue weighted by Crippen LogP contribution is 2.55. The molecule has 28 heavy (non-hydrogen) atoms. The maximum Gasteiger partial charge on any atom is 0.127 e. The Labute approximate surface area is 170 Å². The normalized spacial score (nSPS) is 26.1. The summed E-state index contributed by atoms with van der Waals surface area (Å²) in [5.41, 5.74) is 1.71. The second-order valence-corrected chi connectivity index (χ2v) is 10.1. The van der Waals surface area contributed by atoms with Crippen molar-refractivity contribution in [3.63, 3.8) is 0 Å². The number of fused-ring (bicyclic) bond motifs is 3. The Kier molecular flexibility index (Phi) is 6.07. The van der Waals surface area contributed by atoms with Crippen LogP contribution in [0.4, 0.5) is 0 Å². The van der Waals surface area contributed by atoms with Gasteiger partial charge in [0.1, 0.15) is 17.1 Å². The Hall–Kier alpha value is -1.58. The fraction of sp³-hybridized carbons (Fsp3) is 0.750. The molecule has 3 atom stereocenters. The Morgan fingerprint density at radius 3 is 2.64 bits per heavy atom. The van der Waals surface area contributed by atoms with E-state index in [-0.39, 0.29) is 23.0 Å². The van der Waals surface area contributed by atoms with Crippen molar-refractivity contribution in [2.45, 2.75) is 109 Å². The molecule has 0 aromatic heterocycles. The summed E-state index contributed by atoms with van der Waals surface area (Å²) in [4.78, 5) is 11.2. The number of ether oxygens (including phenoxy) is 1. The first kappa shape index (κ1) is 21.1. The van der Waals surface area contributed by atoms with Crippen LogP contribution in [-0.2, 0) is 5.41 Å². The number of rotatable bonds is 7. The molecule has 3 rings (SSSR count). The fourth-order valence-electron chi connectivity index (χ4n) is 5.35. The lowest BCUT2D eigenvalue weighted by Gasteiger charge is -2.48. The van der Waals surface area contributed by atoms with Crippen LogP contribution >= 0.6 is 0 Å². The number of hydrogen-bond donors (Lipinski definition) is 1. The fourth-order valence-corrected chi connectivity index (χ4v) is 5.35. The van der Waals surface area contributed by atoms with Gasteiger partial charge in [0, 0.05) is 11.5 Å². The molecule has 2 aliphatic rings. The number of unbranched alkanes of at least 4 members (excludes halogenated alkanes) is 3. The Morgan fingerprint density at radius 1 is 1.21 bits per heavy atom. The van der Waals surface area contributed by atoms with Crippen LogP contribution in [0.3, 0.4) is 0 Å². The summed E-state index contributed by atoms with van der Waals surface area (Å²) >= 11 is 0. The molecule has 0 spiro atoms. The lowest BCUT2D eigenvalue weighted by molar-refractivity contribution is -0.00994. The zero-order valence-electron chi connectivity index (χ0n) is 18.3. The Balaban J connectivity index is 1.92. The summed E-state index contributed by atoms with van der Waals surface area (Å²) in [6.45, 7) is 11.0. The van der Waals surface area contributed by atoms with Gasteiger partial charge in [-0.15, -0.1) is 0 Å². The largest absolute Gasteiger partial charge is 0.508 e. The van der Waals surface area contributed by atoms with Crippen molar-refractivity contribution in [3.05, 3.63) is 28.2 Å². The number of benzene rings is 1. The van der Waals surface area contributed by atoms with E-state index in [2.05, 4.69) is 45.9 Å². The van der Waals surface area contributed by atoms with E-state index in [0.717, 1.165) is 36.1 Å². The molecule has 1 aliphatic carbocycles. The lowest BCUT2D eigenvalue weighted by Crippen LogP contribution is -2.47. The summed E-state index contributed by atoms with van der Waals surface area (Å²) < 4.78 is 6.45. The van der Waals surface area contributed by atoms with Crippen molar-refractivity contribution < 1.29 is 9.84 Å². The van der Waals surface area contributed by atoms with Crippen LogP contribution in [0.2, 0.25) is 0 Å². The van der Waals surface area contributed by atoms with Crippen molar-refractivity contribution in [1.82, 2.24) is 0 Å². The van der Waals surface area contributed by atoms with Gasteiger partial charge >= 0.3 is 0 Å². The first-order chi connectivity index (χ1) is 13.2. The maximum absolute atomic E-state index is 11.2. The predicted molar refractivity (Wildman–Crippen MR) is 114 cm³/mol. The van der Waals surface area contributed by atoms with Gasteiger partial charge in [0.2, 0.25) is 0 Å². The van der Waals surface area contributed by atoms with E-state index in [4.69, 9.17) is 4.74 Å². The third-order valence-corrected chi connectivity index (χ3v) is 7.17. The van der Waals surface area contributed by atoms with Gasteiger partial charge in [-0.2, -0.15) is 4.91 Å². The average Bonchev–Trinajstić information content (AvgIpc) is 2.63. The highest BCUT2D eigenvalue weighted by Gasteiger charge is 2.48. The van der Waals surface area contributed by atoms with Crippen LogP contribution in [-0.4, -0.2) is 16.7 Å². The van der Waals surface area contributed by atoms with Crippen LogP contribution in [0.15, 0.2) is 17.3 Å². The Bertz CT molecular complexity index is 710. The van der Waals surface area contributed by atoms with Gasteiger partial charge in [-0.05, 0) is 68.6 Å². The molecule has 4 nitrogen and oxygen atoms in total. The molecule has 1 unspecified atom stereocenters. The molecule has 1 aliphatic heterocycles. The molecule has 1 fully saturated rings. The summed E-state index contributed by atoms with van der Waals surface area (Å²) in [6, 6.07) is 3.93. The maximum atomic E-state index is 11.2. The minimum Gasteiger partial charge on any atom is -0.508 e. The van der Waals surface area contributed by atoms with Gasteiger partial charge < -0.3 is 9.84 Å². The van der Waals surface area contributed by atoms with Gasteiger partial charge in [0.15, 0.2) is 0 Å². The van der Waals surface area contributed by atoms with E-state index in [0.29, 0.717) is 18.1 Å². The van der Waals surface area contributed by atoms with Crippen LogP contribution < -0.4 is 4.74 Å². The number of hydrogen-bond acceptors (Lipinski definition) is 4. The smallest absolute Gasteiger partial charge is 0.127 e. The topological polar surface area (TPSA) is 58.9 Å². The molecule has 0 bridgehead atoms. The average molecular weight is 388 g/mol. The number of phenolic OH excluding ortho intramolecular Hbond substituents is 1. The molecule has 4 heteroatoms. The minimum absolute atomic E-state index is 0.00987. The second kappa shape index (κ2) is 8.04. The second-order valence-electron chi connectivity index (χ2n) is 10.1. The van der Waals surface area contributed by atoms with E-state index in [1.807, 2.05) is 6.07 Å². The highest BCUT2D eigenvalue weighted by molar-refractivity contribution is 5.53. The van der Waals surface area contributed by atoms with Gasteiger partial charge in [-0.1, -0.05) is 51.6 Å². The summed E-state index contributed by atoms with van der Waals surface area (Å²) in [6.07, 6.45) is 8.50. The van der Waals surface area contributed by atoms with Crippen molar-refractivity contribution in [1.29, 1.82) is 0 Å². The molecular formula is C24H37NO3. The molecule has 1 aromatic rings. The van der Waals surface area contributed by atoms with Crippen molar-refractivity contribution in [2.24, 2.45) is 11.1 Å². The lowest BCUT2D eigenvalue weighted by atomic mass is 9.65. The SMILES string of the molecule is CCCCCCC(C)(C)c1cc(O)c2c(c1)OC(C)(C)[C@H]1CCC(N=O)C[C@@H]21. The zero-order chi connectivity index (χ0) is 20.5. The first-order valence-electron chi connectivity index (χ1n) is 11.1. The van der Waals surface area contributed by atoms with Gasteiger partial charge in [0.05, 0.1) is 6.04 Å². The third-order valence-electron chi connectivity index (χ3n) is 7.17. The van der Waals surface area contributed by atoms with Crippen LogP contribution in [0.1, 0.15) is 103 Å². The number of phenols is 1. The van der Waals surface area contributed by atoms with E-state index in [9.17, 15) is 10.0 Å². The van der Waals surface area contributed by atoms with Crippen LogP contribution in [0, 0.1) is 10.8 Å². The number of nitroso groups, excluding NO2 is 1. The van der Waals surface area contributed by atoms with Gasteiger partial charge in [0.25, 0.3) is 0 Å². The van der Waals surface area contributed by atoms with Crippen molar-refractivity contribution >= 4 is 0 Å². The van der Waals surface area contributed by atoms with Gasteiger partial charge in [-0.3, -0.25) is 0 Å². The molecule has 0 radical (unpaired) electrons. The molecule has 1 heterocycles. The van der Waals surface area contributed by atoms with Crippen LogP contribution in [0.25, 0.3) is 0 Å². The van der Waals surface area contributed by atoms with E-state index in [1.165, 1.54) is 25.7 Å². The summed E-state index contributed by atoms with van der Waals surface area (Å²) in [5.74, 6) is 1.56. The van der Waals surface area contributed by atoms with Crippen molar-refractivity contribution in [2.75, 3.05) is 0 Å². The third kappa shape index (κ3) is 4.06. The van der Waals surface area contributed by atoms with Crippen molar-refractivity contribution in [3.8, 4) is 11.5 Å². The molecule has 0 saturated heterocycles. The van der Waals surface area contributed by atoms with E-state index in [1.54, 1.807) is 0 Å². The molecular weight excluding hydrogens is 350 g/mol. The summed E-state index contributed by atoms with van der Waals surface area (Å²) in [7, 11) is 0. The molecule has 1 saturated carbocycles. The molecule has 0 amide bonds. The molecule has 156 valence electrons. The Morgan fingerprint density at radius 2 is 1.96 bits per heavy atom. The van der Waals surface area contributed by atoms with E-state index < -0.39 is 0 Å².